The summed E-state index contributed by atoms with van der Waals surface area (Å²) in [5.74, 6) is -1.05. The molecule has 1 aromatic carbocycles. The number of sulfone groups is 1. The Kier molecular flexibility index (Phi) is 4.45. The van der Waals surface area contributed by atoms with E-state index in [0.717, 1.165) is 0 Å². The van der Waals surface area contributed by atoms with E-state index in [4.69, 9.17) is 0 Å². The van der Waals surface area contributed by atoms with Crippen molar-refractivity contribution in [2.45, 2.75) is 18.8 Å². The topological polar surface area (TPSA) is 107 Å². The third-order valence-electron chi connectivity index (χ3n) is 2.73. The molecule has 1 fully saturated rings. The second kappa shape index (κ2) is 5.78. The Hall–Kier alpha value is -1.00. The van der Waals surface area contributed by atoms with Gasteiger partial charge in [0.05, 0.1) is 24.2 Å². The average Bonchev–Trinajstić information content (AvgIpc) is 2.60. The Morgan fingerprint density at radius 1 is 1.20 bits per heavy atom. The second-order valence-corrected chi connectivity index (χ2v) is 7.83. The first-order valence-electron chi connectivity index (χ1n) is 5.77. The van der Waals surface area contributed by atoms with Crippen molar-refractivity contribution in [1.29, 1.82) is 0 Å². The molecule has 0 saturated carbocycles. The minimum atomic E-state index is -4.37. The van der Waals surface area contributed by atoms with Crippen LogP contribution in [0.1, 0.15) is 5.56 Å². The first-order valence-corrected chi connectivity index (χ1v) is 8.93. The second-order valence-electron chi connectivity index (χ2n) is 4.43. The molecule has 0 spiro atoms. The van der Waals surface area contributed by atoms with Crippen molar-refractivity contribution in [3.63, 3.8) is 0 Å². The van der Waals surface area contributed by atoms with E-state index in [0.29, 0.717) is 5.56 Å². The van der Waals surface area contributed by atoms with Gasteiger partial charge in [-0.2, -0.15) is 8.42 Å². The lowest BCUT2D eigenvalue weighted by molar-refractivity contribution is 0.0620. The van der Waals surface area contributed by atoms with Crippen LogP contribution in [-0.4, -0.2) is 45.7 Å². The van der Waals surface area contributed by atoms with Crippen LogP contribution in [-0.2, 0) is 35.2 Å². The number of hydrogen-bond donors (Lipinski definition) is 1. The highest BCUT2D eigenvalue weighted by molar-refractivity contribution is 7.91. The number of aliphatic hydroxyl groups excluding tert-OH is 1. The molecule has 0 amide bonds. The third kappa shape index (κ3) is 4.25. The van der Waals surface area contributed by atoms with Gasteiger partial charge in [-0.3, -0.25) is 0 Å². The Morgan fingerprint density at radius 2 is 1.85 bits per heavy atom. The fourth-order valence-corrected chi connectivity index (χ4v) is 4.37. The van der Waals surface area contributed by atoms with E-state index in [2.05, 4.69) is 8.37 Å². The van der Waals surface area contributed by atoms with Gasteiger partial charge in [0.1, 0.15) is 6.10 Å². The number of hydrogen-bond acceptors (Lipinski definition) is 7. The maximum absolute atomic E-state index is 11.6. The molecule has 1 aliphatic heterocycles. The quantitative estimate of drug-likeness (QED) is 0.787. The summed E-state index contributed by atoms with van der Waals surface area (Å²) in [6.07, 6.45) is -2.68. The summed E-state index contributed by atoms with van der Waals surface area (Å²) in [6, 6.07) is 8.56. The van der Waals surface area contributed by atoms with Crippen molar-refractivity contribution in [2.24, 2.45) is 0 Å². The van der Waals surface area contributed by atoms with Gasteiger partial charge in [-0.15, -0.1) is 0 Å². The van der Waals surface area contributed by atoms with E-state index in [-0.39, 0.29) is 6.61 Å². The molecule has 1 aliphatic rings. The van der Waals surface area contributed by atoms with Crippen molar-refractivity contribution >= 4 is 20.2 Å². The maximum atomic E-state index is 11.6. The maximum Gasteiger partial charge on any atom is 0.400 e. The standard InChI is InChI=1S/C11H14O7S2/c12-10-7-19(13,14)8-11(10)18-20(15,16)17-6-9-4-2-1-3-5-9/h1-5,10-12H,6-8H2/t10-,11-/m0/s1. The highest BCUT2D eigenvalue weighted by Crippen LogP contribution is 2.19. The van der Waals surface area contributed by atoms with Gasteiger partial charge in [0.25, 0.3) is 0 Å². The van der Waals surface area contributed by atoms with Crippen LogP contribution in [0.4, 0.5) is 0 Å². The average molecular weight is 322 g/mol. The molecular weight excluding hydrogens is 308 g/mol. The summed E-state index contributed by atoms with van der Waals surface area (Å²) in [7, 11) is -7.85. The van der Waals surface area contributed by atoms with Gasteiger partial charge in [-0.25, -0.2) is 16.8 Å². The van der Waals surface area contributed by atoms with E-state index < -0.39 is 43.9 Å². The highest BCUT2D eigenvalue weighted by atomic mass is 32.3. The molecule has 1 saturated heterocycles. The zero-order valence-corrected chi connectivity index (χ0v) is 12.0. The fourth-order valence-electron chi connectivity index (χ4n) is 1.78. The summed E-state index contributed by atoms with van der Waals surface area (Å²) in [6.45, 7) is -0.223. The first kappa shape index (κ1) is 15.4. The molecule has 9 heteroatoms. The zero-order valence-electron chi connectivity index (χ0n) is 10.4. The third-order valence-corrected chi connectivity index (χ3v) is 5.30. The number of rotatable bonds is 5. The van der Waals surface area contributed by atoms with Crippen LogP contribution in [0.5, 0.6) is 0 Å². The number of aliphatic hydroxyl groups is 1. The molecule has 0 radical (unpaired) electrons. The van der Waals surface area contributed by atoms with Crippen LogP contribution in [0.2, 0.25) is 0 Å². The fraction of sp³-hybridized carbons (Fsp3) is 0.455. The summed E-state index contributed by atoms with van der Waals surface area (Å²) in [5, 5.41) is 9.45. The SMILES string of the molecule is O=S1(=O)C[C@H](OS(=O)(=O)OCc2ccccc2)[C@@H](O)C1. The van der Waals surface area contributed by atoms with Crippen LogP contribution < -0.4 is 0 Å². The number of benzene rings is 1. The van der Waals surface area contributed by atoms with Gasteiger partial charge in [-0.1, -0.05) is 30.3 Å². The molecule has 1 aromatic rings. The van der Waals surface area contributed by atoms with Gasteiger partial charge in [0, 0.05) is 0 Å². The van der Waals surface area contributed by atoms with E-state index in [1.807, 2.05) is 0 Å². The van der Waals surface area contributed by atoms with Crippen molar-refractivity contribution in [2.75, 3.05) is 11.5 Å². The molecule has 0 bridgehead atoms. The summed E-state index contributed by atoms with van der Waals surface area (Å²) in [5.41, 5.74) is 0.624. The smallest absolute Gasteiger partial charge is 0.389 e. The minimum absolute atomic E-state index is 0.223. The van der Waals surface area contributed by atoms with Gasteiger partial charge < -0.3 is 5.11 Å². The molecule has 0 unspecified atom stereocenters. The van der Waals surface area contributed by atoms with Crippen LogP contribution in [0.3, 0.4) is 0 Å². The lowest BCUT2D eigenvalue weighted by atomic mass is 10.2. The van der Waals surface area contributed by atoms with E-state index in [9.17, 15) is 21.9 Å². The lowest BCUT2D eigenvalue weighted by Gasteiger charge is -2.13. The normalized spacial score (nSPS) is 25.6. The molecule has 0 aromatic heterocycles. The van der Waals surface area contributed by atoms with Gasteiger partial charge in [-0.05, 0) is 5.56 Å². The van der Waals surface area contributed by atoms with Crippen molar-refractivity contribution in [3.8, 4) is 0 Å². The molecule has 7 nitrogen and oxygen atoms in total. The molecule has 1 heterocycles. The molecule has 0 aliphatic carbocycles. The monoisotopic (exact) mass is 322 g/mol. The van der Waals surface area contributed by atoms with Gasteiger partial charge >= 0.3 is 10.4 Å². The van der Waals surface area contributed by atoms with Gasteiger partial charge in [0.15, 0.2) is 9.84 Å². The molecule has 20 heavy (non-hydrogen) atoms. The van der Waals surface area contributed by atoms with Crippen molar-refractivity contribution < 1.29 is 30.3 Å². The summed E-state index contributed by atoms with van der Waals surface area (Å²) >= 11 is 0. The Morgan fingerprint density at radius 3 is 2.40 bits per heavy atom. The lowest BCUT2D eigenvalue weighted by Crippen LogP contribution is -2.30. The molecule has 2 atom stereocenters. The van der Waals surface area contributed by atoms with E-state index in [1.54, 1.807) is 30.3 Å². The minimum Gasteiger partial charge on any atom is -0.389 e. The Labute approximate surface area is 117 Å². The van der Waals surface area contributed by atoms with Crippen molar-refractivity contribution in [1.82, 2.24) is 0 Å². The predicted molar refractivity (Wildman–Crippen MR) is 69.7 cm³/mol. The Balaban J connectivity index is 1.95. The zero-order chi connectivity index (χ0) is 14.8. The van der Waals surface area contributed by atoms with E-state index >= 15 is 0 Å². The van der Waals surface area contributed by atoms with Crippen LogP contribution in [0, 0.1) is 0 Å². The molecule has 2 rings (SSSR count). The Bertz CT molecular complexity index is 651. The van der Waals surface area contributed by atoms with Crippen molar-refractivity contribution in [3.05, 3.63) is 35.9 Å². The summed E-state index contributed by atoms with van der Waals surface area (Å²) in [4.78, 5) is 0. The molecular formula is C11H14O7S2. The summed E-state index contributed by atoms with van der Waals surface area (Å²) < 4.78 is 54.8. The van der Waals surface area contributed by atoms with Gasteiger partial charge in [0.2, 0.25) is 0 Å². The van der Waals surface area contributed by atoms with Crippen LogP contribution >= 0.6 is 0 Å². The predicted octanol–water partition coefficient (Wildman–Crippen LogP) is -0.378. The highest BCUT2D eigenvalue weighted by Gasteiger charge is 2.40. The van der Waals surface area contributed by atoms with Crippen LogP contribution in [0.15, 0.2) is 30.3 Å². The molecule has 112 valence electrons. The largest absolute Gasteiger partial charge is 0.400 e. The van der Waals surface area contributed by atoms with E-state index in [1.165, 1.54) is 0 Å². The van der Waals surface area contributed by atoms with Crippen LogP contribution in [0.25, 0.3) is 0 Å². The first-order chi connectivity index (χ1) is 9.27. The molecule has 1 N–H and O–H groups in total.